The van der Waals surface area contributed by atoms with E-state index in [-0.39, 0.29) is 12.0 Å². The molecule has 1 atom stereocenters. The molecule has 2 aliphatic rings. The van der Waals surface area contributed by atoms with E-state index in [1.807, 2.05) is 0 Å². The van der Waals surface area contributed by atoms with Crippen LogP contribution in [0.5, 0.6) is 0 Å². The summed E-state index contributed by atoms with van der Waals surface area (Å²) in [6.45, 7) is 0.981. The molecule has 1 heterocycles. The summed E-state index contributed by atoms with van der Waals surface area (Å²) in [7, 11) is 0. The Morgan fingerprint density at radius 3 is 2.56 bits per heavy atom. The number of primary amides is 1. The third kappa shape index (κ3) is 3.37. The van der Waals surface area contributed by atoms with Crippen LogP contribution in [-0.2, 0) is 9.53 Å². The lowest BCUT2D eigenvalue weighted by molar-refractivity contribution is -0.146. The van der Waals surface area contributed by atoms with E-state index < -0.39 is 6.03 Å². The van der Waals surface area contributed by atoms with Crippen molar-refractivity contribution in [2.75, 3.05) is 13.2 Å². The molecule has 5 heteroatoms. The van der Waals surface area contributed by atoms with Crippen molar-refractivity contribution in [3.8, 4) is 0 Å². The summed E-state index contributed by atoms with van der Waals surface area (Å²) >= 11 is 0. The smallest absolute Gasteiger partial charge is 0.315 e. The lowest BCUT2D eigenvalue weighted by Crippen LogP contribution is -2.42. The van der Waals surface area contributed by atoms with Crippen molar-refractivity contribution in [1.82, 2.24) is 4.90 Å². The summed E-state index contributed by atoms with van der Waals surface area (Å²) in [6, 6.07) is -0.431. The number of nitrogens with zero attached hydrogens (tertiary/aromatic N) is 1. The fraction of sp³-hybridized carbons (Fsp3) is 0.846. The van der Waals surface area contributed by atoms with E-state index >= 15 is 0 Å². The van der Waals surface area contributed by atoms with Crippen LogP contribution in [-0.4, -0.2) is 36.1 Å². The van der Waals surface area contributed by atoms with Gasteiger partial charge in [0.05, 0.1) is 6.04 Å². The van der Waals surface area contributed by atoms with E-state index in [1.54, 1.807) is 4.90 Å². The van der Waals surface area contributed by atoms with Crippen molar-refractivity contribution < 1.29 is 14.3 Å². The fourth-order valence-corrected chi connectivity index (χ4v) is 3.00. The van der Waals surface area contributed by atoms with Gasteiger partial charge >= 0.3 is 12.0 Å². The van der Waals surface area contributed by atoms with Crippen molar-refractivity contribution >= 4 is 12.0 Å². The van der Waals surface area contributed by atoms with Gasteiger partial charge in [0.25, 0.3) is 0 Å². The highest BCUT2D eigenvalue weighted by molar-refractivity contribution is 5.73. The molecule has 2 rings (SSSR count). The van der Waals surface area contributed by atoms with Crippen LogP contribution < -0.4 is 5.73 Å². The lowest BCUT2D eigenvalue weighted by atomic mass is 10.0. The number of carbonyl (C=O) groups excluding carboxylic acids is 2. The molecule has 0 aromatic carbocycles. The van der Waals surface area contributed by atoms with Crippen LogP contribution in [0.25, 0.3) is 0 Å². The molecular formula is C13H22N2O3. The maximum absolute atomic E-state index is 11.7. The quantitative estimate of drug-likeness (QED) is 0.775. The van der Waals surface area contributed by atoms with Crippen LogP contribution >= 0.6 is 0 Å². The Morgan fingerprint density at radius 1 is 1.17 bits per heavy atom. The van der Waals surface area contributed by atoms with Crippen LogP contribution in [0.4, 0.5) is 4.79 Å². The van der Waals surface area contributed by atoms with Crippen LogP contribution in [0, 0.1) is 5.92 Å². The van der Waals surface area contributed by atoms with Gasteiger partial charge in [-0.1, -0.05) is 12.8 Å². The Kier molecular flexibility index (Phi) is 4.44. The molecule has 0 aromatic heterocycles. The molecule has 0 unspecified atom stereocenters. The molecule has 1 saturated carbocycles. The number of amides is 2. The monoisotopic (exact) mass is 254 g/mol. The average Bonchev–Trinajstić information content (AvgIpc) is 2.96. The number of carbonyl (C=O) groups is 2. The number of nitrogens with two attached hydrogens (primary N) is 1. The second-order valence-electron chi connectivity index (χ2n) is 5.37. The average molecular weight is 254 g/mol. The highest BCUT2D eigenvalue weighted by Gasteiger charge is 2.28. The van der Waals surface area contributed by atoms with E-state index in [0.29, 0.717) is 25.5 Å². The minimum atomic E-state index is -0.413. The van der Waals surface area contributed by atoms with Gasteiger partial charge in [-0.3, -0.25) is 4.79 Å². The number of hydrogen-bond acceptors (Lipinski definition) is 3. The molecule has 5 nitrogen and oxygen atoms in total. The first-order valence-corrected chi connectivity index (χ1v) is 6.88. The summed E-state index contributed by atoms with van der Waals surface area (Å²) in [5.41, 5.74) is 5.27. The molecule has 1 aliphatic heterocycles. The molecule has 102 valence electrons. The molecule has 18 heavy (non-hydrogen) atoms. The minimum absolute atomic E-state index is 0.0185. The molecule has 0 radical (unpaired) electrons. The zero-order valence-corrected chi connectivity index (χ0v) is 10.8. The van der Waals surface area contributed by atoms with E-state index in [4.69, 9.17) is 10.5 Å². The van der Waals surface area contributed by atoms with Crippen molar-refractivity contribution in [3.63, 3.8) is 0 Å². The molecule has 0 spiro atoms. The van der Waals surface area contributed by atoms with Crippen LogP contribution in [0.3, 0.4) is 0 Å². The van der Waals surface area contributed by atoms with E-state index in [0.717, 1.165) is 25.7 Å². The van der Waals surface area contributed by atoms with Crippen LogP contribution in [0.15, 0.2) is 0 Å². The molecule has 2 amide bonds. The van der Waals surface area contributed by atoms with Gasteiger partial charge in [0, 0.05) is 13.0 Å². The van der Waals surface area contributed by atoms with Crippen molar-refractivity contribution in [3.05, 3.63) is 0 Å². The number of hydrogen-bond donors (Lipinski definition) is 1. The number of likely N-dealkylation sites (tertiary alicyclic amines) is 1. The van der Waals surface area contributed by atoms with Gasteiger partial charge in [0.15, 0.2) is 0 Å². The Morgan fingerprint density at radius 2 is 1.89 bits per heavy atom. The van der Waals surface area contributed by atoms with Crippen molar-refractivity contribution in [2.45, 2.75) is 51.0 Å². The molecule has 2 N–H and O–H groups in total. The number of ether oxygens (including phenoxy) is 1. The third-order valence-electron chi connectivity index (χ3n) is 4.03. The Hall–Kier alpha value is -1.26. The van der Waals surface area contributed by atoms with Crippen LogP contribution in [0.1, 0.15) is 44.9 Å². The van der Waals surface area contributed by atoms with Gasteiger partial charge in [0.2, 0.25) is 0 Å². The standard InChI is InChI=1S/C13H22N2O3/c14-13(17)15-7-3-6-11(15)9-18-12(16)8-10-4-1-2-5-10/h10-11H,1-9H2,(H2,14,17)/t11-/m1/s1. The van der Waals surface area contributed by atoms with Crippen molar-refractivity contribution in [1.29, 1.82) is 0 Å². The predicted octanol–water partition coefficient (Wildman–Crippen LogP) is 1.65. The SMILES string of the molecule is NC(=O)N1CCC[C@@H]1COC(=O)CC1CCCC1. The maximum Gasteiger partial charge on any atom is 0.315 e. The van der Waals surface area contributed by atoms with E-state index in [1.165, 1.54) is 12.8 Å². The van der Waals surface area contributed by atoms with Gasteiger partial charge < -0.3 is 15.4 Å². The first-order chi connectivity index (χ1) is 8.66. The van der Waals surface area contributed by atoms with Gasteiger partial charge in [-0.15, -0.1) is 0 Å². The summed E-state index contributed by atoms with van der Waals surface area (Å²) in [5, 5.41) is 0. The first-order valence-electron chi connectivity index (χ1n) is 6.88. The van der Waals surface area contributed by atoms with Gasteiger partial charge in [-0.05, 0) is 31.6 Å². The molecule has 1 saturated heterocycles. The van der Waals surface area contributed by atoms with E-state index in [9.17, 15) is 9.59 Å². The Labute approximate surface area is 108 Å². The molecule has 1 aliphatic carbocycles. The topological polar surface area (TPSA) is 72.6 Å². The number of urea groups is 1. The first kappa shape index (κ1) is 13.2. The fourth-order valence-electron chi connectivity index (χ4n) is 3.00. The Bertz CT molecular complexity index is 313. The number of esters is 1. The highest BCUT2D eigenvalue weighted by atomic mass is 16.5. The van der Waals surface area contributed by atoms with E-state index in [2.05, 4.69) is 0 Å². The maximum atomic E-state index is 11.7. The second-order valence-corrected chi connectivity index (χ2v) is 5.37. The molecular weight excluding hydrogens is 232 g/mol. The van der Waals surface area contributed by atoms with Gasteiger partial charge in [0.1, 0.15) is 6.61 Å². The predicted molar refractivity (Wildman–Crippen MR) is 66.8 cm³/mol. The summed E-state index contributed by atoms with van der Waals surface area (Å²) in [5.74, 6) is 0.381. The molecule has 0 bridgehead atoms. The van der Waals surface area contributed by atoms with Crippen molar-refractivity contribution in [2.24, 2.45) is 11.7 Å². The highest BCUT2D eigenvalue weighted by Crippen LogP contribution is 2.27. The zero-order chi connectivity index (χ0) is 13.0. The zero-order valence-electron chi connectivity index (χ0n) is 10.8. The molecule has 0 aromatic rings. The molecule has 2 fully saturated rings. The third-order valence-corrected chi connectivity index (χ3v) is 4.03. The summed E-state index contributed by atoms with van der Waals surface area (Å²) < 4.78 is 5.28. The lowest BCUT2D eigenvalue weighted by Gasteiger charge is -2.22. The Balaban J connectivity index is 1.70. The summed E-state index contributed by atoms with van der Waals surface area (Å²) in [6.07, 6.45) is 7.10. The van der Waals surface area contributed by atoms with Gasteiger partial charge in [-0.25, -0.2) is 4.79 Å². The largest absolute Gasteiger partial charge is 0.463 e. The second kappa shape index (κ2) is 6.07. The summed E-state index contributed by atoms with van der Waals surface area (Å²) in [4.78, 5) is 24.4. The van der Waals surface area contributed by atoms with Crippen LogP contribution in [0.2, 0.25) is 0 Å². The number of rotatable bonds is 4. The minimum Gasteiger partial charge on any atom is -0.463 e. The normalized spacial score (nSPS) is 24.4. The van der Waals surface area contributed by atoms with Gasteiger partial charge in [-0.2, -0.15) is 0 Å².